The highest BCUT2D eigenvalue weighted by Gasteiger charge is 2.40. The minimum atomic E-state index is -1.77. The van der Waals surface area contributed by atoms with Crippen molar-refractivity contribution in [3.05, 3.63) is 47.4 Å². The average Bonchev–Trinajstić information content (AvgIpc) is 2.82. The molecule has 1 aliphatic rings. The third kappa shape index (κ3) is 6.51. The van der Waals surface area contributed by atoms with E-state index in [4.69, 9.17) is 25.7 Å². The van der Waals surface area contributed by atoms with Crippen LogP contribution in [0.3, 0.4) is 0 Å². The molecule has 0 atom stereocenters. The molecule has 0 unspecified atom stereocenters. The number of benzene rings is 1. The van der Waals surface area contributed by atoms with Crippen LogP contribution < -0.4 is 10.1 Å². The lowest BCUT2D eigenvalue weighted by molar-refractivity contribution is 0.0733. The van der Waals surface area contributed by atoms with Crippen molar-refractivity contribution >= 4 is 54.2 Å². The molecule has 36 heavy (non-hydrogen) atoms. The molecule has 1 fully saturated rings. The molecule has 1 N–H and O–H groups in total. The van der Waals surface area contributed by atoms with Gasteiger partial charge in [0.1, 0.15) is 5.52 Å². The Labute approximate surface area is 225 Å². The largest absolute Gasteiger partial charge is 0.487 e. The van der Waals surface area contributed by atoms with E-state index in [1.165, 1.54) is 0 Å². The average molecular weight is 545 g/mol. The smallest absolute Gasteiger partial charge is 0.227 e. The summed E-state index contributed by atoms with van der Waals surface area (Å²) >= 11 is 8.36. The van der Waals surface area contributed by atoms with E-state index < -0.39 is 8.32 Å². The molecule has 6 nitrogen and oxygen atoms in total. The number of halogens is 1. The molecule has 0 saturated heterocycles. The van der Waals surface area contributed by atoms with Gasteiger partial charge in [-0.15, -0.1) is 0 Å². The molecule has 0 spiro atoms. The molecule has 1 aromatic carbocycles. The van der Waals surface area contributed by atoms with Crippen LogP contribution in [0.1, 0.15) is 52.1 Å². The van der Waals surface area contributed by atoms with Gasteiger partial charge in [-0.25, -0.2) is 9.97 Å². The van der Waals surface area contributed by atoms with Gasteiger partial charge >= 0.3 is 0 Å². The van der Waals surface area contributed by atoms with Gasteiger partial charge in [-0.1, -0.05) is 32.4 Å². The number of fused-ring (bicyclic) bond motifs is 1. The maximum atomic E-state index is 6.65. The maximum Gasteiger partial charge on any atom is 0.227 e. The minimum Gasteiger partial charge on any atom is -0.487 e. The Morgan fingerprint density at radius 2 is 1.81 bits per heavy atom. The molecular formula is C27H37ClN4O2SSi. The van der Waals surface area contributed by atoms with Gasteiger partial charge in [0.2, 0.25) is 5.95 Å². The van der Waals surface area contributed by atoms with Gasteiger partial charge in [0.15, 0.2) is 14.1 Å². The first-order chi connectivity index (χ1) is 17.1. The second-order valence-electron chi connectivity index (χ2n) is 11.0. The van der Waals surface area contributed by atoms with E-state index in [9.17, 15) is 0 Å². The Bertz CT molecular complexity index is 1200. The molecule has 0 amide bonds. The predicted octanol–water partition coefficient (Wildman–Crippen LogP) is 8.00. The number of rotatable bonds is 8. The number of nitrogens with zero attached hydrogens (tertiary/aromatic N) is 3. The Kier molecular flexibility index (Phi) is 8.49. The molecule has 2 aromatic heterocycles. The third-order valence-corrected chi connectivity index (χ3v) is 12.6. The molecule has 0 bridgehead atoms. The zero-order chi connectivity index (χ0) is 25.9. The van der Waals surface area contributed by atoms with Crippen molar-refractivity contribution in [3.8, 4) is 5.75 Å². The summed E-state index contributed by atoms with van der Waals surface area (Å²) in [5.74, 6) is 1.98. The van der Waals surface area contributed by atoms with Gasteiger partial charge in [-0.05, 0) is 74.3 Å². The lowest BCUT2D eigenvalue weighted by atomic mass is 9.95. The first kappa shape index (κ1) is 27.2. The summed E-state index contributed by atoms with van der Waals surface area (Å²) in [7, 11) is -1.77. The normalized spacial score (nSPS) is 18.9. The quantitative estimate of drug-likeness (QED) is 0.288. The molecule has 0 radical (unpaired) electrons. The number of pyridine rings is 1. The topological polar surface area (TPSA) is 69.2 Å². The highest BCUT2D eigenvalue weighted by atomic mass is 35.5. The summed E-state index contributed by atoms with van der Waals surface area (Å²) < 4.78 is 13.1. The number of hydrogen-bond donors (Lipinski definition) is 1. The van der Waals surface area contributed by atoms with Gasteiger partial charge in [0.05, 0.1) is 16.8 Å². The van der Waals surface area contributed by atoms with Crippen molar-refractivity contribution in [1.29, 1.82) is 0 Å². The van der Waals surface area contributed by atoms with E-state index in [1.54, 1.807) is 18.0 Å². The van der Waals surface area contributed by atoms with Crippen LogP contribution in [0.5, 0.6) is 5.75 Å². The van der Waals surface area contributed by atoms with E-state index in [0.29, 0.717) is 22.8 Å². The fourth-order valence-electron chi connectivity index (χ4n) is 4.16. The lowest BCUT2D eigenvalue weighted by Crippen LogP contribution is -2.45. The fraction of sp³-hybridized carbons (Fsp3) is 0.519. The van der Waals surface area contributed by atoms with E-state index in [-0.39, 0.29) is 11.1 Å². The molecule has 4 rings (SSSR count). The van der Waals surface area contributed by atoms with E-state index in [1.807, 2.05) is 30.5 Å². The molecular weight excluding hydrogens is 508 g/mol. The standard InChI is InChI=1S/C27H37ClN4O2SSi/c1-27(2,3)36(5,6)34-22-10-8-21(9-11-22)33-25-23(28)12-7-18-16-30-26(32-24(18)25)31-19-13-14-29-20(15-19)17-35-4/h7,12-16,21-22H,8-11,17H2,1-6H3,(H,29,30,31,32)/t21-,22+. The van der Waals surface area contributed by atoms with Gasteiger partial charge < -0.3 is 14.5 Å². The Hall–Kier alpha value is -1.87. The third-order valence-electron chi connectivity index (χ3n) is 7.20. The van der Waals surface area contributed by atoms with Crippen LogP contribution >= 0.6 is 23.4 Å². The monoisotopic (exact) mass is 544 g/mol. The van der Waals surface area contributed by atoms with Gasteiger partial charge in [0.25, 0.3) is 0 Å². The lowest BCUT2D eigenvalue weighted by Gasteiger charge is -2.41. The fourth-order valence-corrected chi connectivity index (χ4v) is 6.23. The summed E-state index contributed by atoms with van der Waals surface area (Å²) in [5, 5.41) is 4.98. The molecule has 1 saturated carbocycles. The first-order valence-electron chi connectivity index (χ1n) is 12.6. The predicted molar refractivity (Wildman–Crippen MR) is 154 cm³/mol. The van der Waals surface area contributed by atoms with Gasteiger partial charge in [0, 0.05) is 35.3 Å². The Balaban J connectivity index is 1.48. The van der Waals surface area contributed by atoms with E-state index >= 15 is 0 Å². The van der Waals surface area contributed by atoms with Gasteiger partial charge in [-0.2, -0.15) is 11.8 Å². The van der Waals surface area contributed by atoms with Crippen LogP contribution in [0.4, 0.5) is 11.6 Å². The van der Waals surface area contributed by atoms with Crippen LogP contribution in [0.2, 0.25) is 23.2 Å². The van der Waals surface area contributed by atoms with Gasteiger partial charge in [-0.3, -0.25) is 4.98 Å². The van der Waals surface area contributed by atoms with Crippen molar-refractivity contribution in [2.45, 2.75) is 82.5 Å². The van der Waals surface area contributed by atoms with E-state index in [2.05, 4.69) is 55.4 Å². The van der Waals surface area contributed by atoms with Crippen LogP contribution in [0.15, 0.2) is 36.7 Å². The zero-order valence-electron chi connectivity index (χ0n) is 22.1. The second kappa shape index (κ2) is 11.3. The van der Waals surface area contributed by atoms with Crippen molar-refractivity contribution in [1.82, 2.24) is 15.0 Å². The highest BCUT2D eigenvalue weighted by molar-refractivity contribution is 7.97. The summed E-state index contributed by atoms with van der Waals surface area (Å²) in [6.07, 6.45) is 9.95. The van der Waals surface area contributed by atoms with Crippen molar-refractivity contribution in [2.24, 2.45) is 0 Å². The minimum absolute atomic E-state index is 0.0908. The van der Waals surface area contributed by atoms with Crippen LogP contribution in [0.25, 0.3) is 10.9 Å². The number of nitrogens with one attached hydrogen (secondary N) is 1. The summed E-state index contributed by atoms with van der Waals surface area (Å²) in [6, 6.07) is 7.72. The molecule has 3 aromatic rings. The van der Waals surface area contributed by atoms with Crippen molar-refractivity contribution in [2.75, 3.05) is 11.6 Å². The molecule has 9 heteroatoms. The number of anilines is 2. The Morgan fingerprint density at radius 1 is 1.08 bits per heavy atom. The first-order valence-corrected chi connectivity index (χ1v) is 17.2. The van der Waals surface area contributed by atoms with Crippen molar-refractivity contribution in [3.63, 3.8) is 0 Å². The SMILES string of the molecule is CSCc1cc(Nc2ncc3ccc(Cl)c(O[C@H]4CC[C@@H](O[Si](C)(C)C(C)(C)C)CC4)c3n2)ccn1. The molecule has 194 valence electrons. The summed E-state index contributed by atoms with van der Waals surface area (Å²) in [6.45, 7) is 11.5. The van der Waals surface area contributed by atoms with Crippen molar-refractivity contribution < 1.29 is 9.16 Å². The Morgan fingerprint density at radius 3 is 2.50 bits per heavy atom. The summed E-state index contributed by atoms with van der Waals surface area (Å²) in [5.41, 5.74) is 2.63. The second-order valence-corrected chi connectivity index (χ2v) is 17.0. The van der Waals surface area contributed by atoms with Crippen LogP contribution in [0, 0.1) is 0 Å². The highest BCUT2D eigenvalue weighted by Crippen LogP contribution is 2.40. The van der Waals surface area contributed by atoms with Crippen LogP contribution in [-0.2, 0) is 10.2 Å². The summed E-state index contributed by atoms with van der Waals surface area (Å²) in [4.78, 5) is 13.7. The maximum absolute atomic E-state index is 6.65. The van der Waals surface area contributed by atoms with E-state index in [0.717, 1.165) is 53.7 Å². The molecule has 1 aliphatic carbocycles. The zero-order valence-corrected chi connectivity index (χ0v) is 24.7. The molecule has 2 heterocycles. The van der Waals surface area contributed by atoms with Crippen LogP contribution in [-0.4, -0.2) is 41.7 Å². The number of aromatic nitrogens is 3. The molecule has 0 aliphatic heterocycles. The number of ether oxygens (including phenoxy) is 1. The number of thioether (sulfide) groups is 1. The number of hydrogen-bond acceptors (Lipinski definition) is 7.